The molecule has 0 fully saturated rings. The highest BCUT2D eigenvalue weighted by molar-refractivity contribution is 6.30. The molecule has 7 nitrogen and oxygen atoms in total. The molecule has 0 radical (unpaired) electrons. The summed E-state index contributed by atoms with van der Waals surface area (Å²) >= 11 is 6.09. The zero-order valence-corrected chi connectivity index (χ0v) is 17.9. The van der Waals surface area contributed by atoms with Crippen molar-refractivity contribution in [3.05, 3.63) is 68.9 Å². The zero-order valence-electron chi connectivity index (χ0n) is 17.2. The smallest absolute Gasteiger partial charge is 0.410 e. The Hall–Kier alpha value is -2.93. The van der Waals surface area contributed by atoms with E-state index in [0.29, 0.717) is 34.9 Å². The minimum atomic E-state index is -0.594. The van der Waals surface area contributed by atoms with E-state index in [1.807, 2.05) is 32.9 Å². The zero-order chi connectivity index (χ0) is 21.5. The minimum Gasteiger partial charge on any atom is -0.444 e. The van der Waals surface area contributed by atoms with Crippen LogP contribution in [0.5, 0.6) is 0 Å². The van der Waals surface area contributed by atoms with Crippen LogP contribution in [0.1, 0.15) is 37.6 Å². The van der Waals surface area contributed by atoms with Crippen LogP contribution < -0.4 is 5.56 Å². The third-order valence-corrected chi connectivity index (χ3v) is 5.20. The van der Waals surface area contributed by atoms with E-state index in [4.69, 9.17) is 16.3 Å². The van der Waals surface area contributed by atoms with Crippen LogP contribution in [0, 0.1) is 0 Å². The summed E-state index contributed by atoms with van der Waals surface area (Å²) in [4.78, 5) is 36.4. The average molecular weight is 427 g/mol. The number of halogens is 1. The average Bonchev–Trinajstić information content (AvgIpc) is 2.69. The monoisotopic (exact) mass is 426 g/mol. The largest absolute Gasteiger partial charge is 0.444 e. The maximum absolute atomic E-state index is 13.5. The molecule has 1 aliphatic heterocycles. The van der Waals surface area contributed by atoms with Crippen molar-refractivity contribution >= 4 is 28.7 Å². The van der Waals surface area contributed by atoms with Crippen molar-refractivity contribution < 1.29 is 9.53 Å². The number of rotatable bonds is 2. The van der Waals surface area contributed by atoms with E-state index in [0.717, 1.165) is 10.9 Å². The molecular weight excluding hydrogens is 404 g/mol. The summed E-state index contributed by atoms with van der Waals surface area (Å²) in [5, 5.41) is 1.47. The molecule has 3 aromatic heterocycles. The number of nitrogens with zero attached hydrogens (tertiary/aromatic N) is 4. The first-order valence-electron chi connectivity index (χ1n) is 9.80. The Labute approximate surface area is 179 Å². The topological polar surface area (TPSA) is 77.3 Å². The van der Waals surface area contributed by atoms with Crippen LogP contribution in [0.3, 0.4) is 0 Å². The summed E-state index contributed by atoms with van der Waals surface area (Å²) in [6.45, 7) is 6.42. The van der Waals surface area contributed by atoms with Gasteiger partial charge in [-0.2, -0.15) is 0 Å². The van der Waals surface area contributed by atoms with E-state index in [1.165, 1.54) is 0 Å². The second-order valence-electron chi connectivity index (χ2n) is 8.34. The molecule has 0 unspecified atom stereocenters. The molecule has 0 aliphatic carbocycles. The third-order valence-electron chi connectivity index (χ3n) is 4.97. The number of hydrogen-bond acceptors (Lipinski definition) is 5. The van der Waals surface area contributed by atoms with Crippen LogP contribution in [-0.4, -0.2) is 37.7 Å². The molecule has 0 saturated carbocycles. The van der Waals surface area contributed by atoms with Gasteiger partial charge in [0.15, 0.2) is 0 Å². The quantitative estimate of drug-likeness (QED) is 0.623. The Morgan fingerprint density at radius 1 is 1.20 bits per heavy atom. The van der Waals surface area contributed by atoms with Crippen molar-refractivity contribution in [1.29, 1.82) is 0 Å². The number of amides is 1. The van der Waals surface area contributed by atoms with Crippen molar-refractivity contribution in [3.8, 4) is 0 Å². The first-order valence-corrected chi connectivity index (χ1v) is 10.2. The van der Waals surface area contributed by atoms with Crippen LogP contribution in [-0.2, 0) is 24.2 Å². The molecule has 0 bridgehead atoms. The van der Waals surface area contributed by atoms with Gasteiger partial charge in [0.05, 0.1) is 18.8 Å². The second-order valence-corrected chi connectivity index (χ2v) is 8.78. The van der Waals surface area contributed by atoms with E-state index in [2.05, 4.69) is 9.97 Å². The van der Waals surface area contributed by atoms with Crippen LogP contribution >= 0.6 is 11.6 Å². The van der Waals surface area contributed by atoms with Crippen molar-refractivity contribution in [1.82, 2.24) is 19.4 Å². The standard InChI is InChI=1S/C22H23ClN4O3/c1-22(2,3)30-21(29)26-10-7-16-17-5-4-8-25-19(17)27(20(28)18(16)13-26)12-15-11-14(23)6-9-24-15/h4-6,8-9,11H,7,10,12-13H2,1-3H3. The summed E-state index contributed by atoms with van der Waals surface area (Å²) in [7, 11) is 0. The summed E-state index contributed by atoms with van der Waals surface area (Å²) in [5.74, 6) is 0. The molecule has 1 amide bonds. The first-order chi connectivity index (χ1) is 14.2. The fourth-order valence-electron chi connectivity index (χ4n) is 3.69. The van der Waals surface area contributed by atoms with Crippen molar-refractivity contribution in [2.24, 2.45) is 0 Å². The molecule has 0 N–H and O–H groups in total. The predicted molar refractivity (Wildman–Crippen MR) is 115 cm³/mol. The van der Waals surface area contributed by atoms with Crippen LogP contribution in [0.4, 0.5) is 4.79 Å². The van der Waals surface area contributed by atoms with E-state index in [9.17, 15) is 9.59 Å². The molecule has 1 aliphatic rings. The van der Waals surface area contributed by atoms with Gasteiger partial charge in [-0.05, 0) is 57.0 Å². The van der Waals surface area contributed by atoms with E-state index < -0.39 is 11.7 Å². The second kappa shape index (κ2) is 7.72. The highest BCUT2D eigenvalue weighted by Crippen LogP contribution is 2.25. The van der Waals surface area contributed by atoms with Crippen molar-refractivity contribution in [2.75, 3.05) is 6.54 Å². The molecule has 0 aromatic carbocycles. The Morgan fingerprint density at radius 3 is 2.73 bits per heavy atom. The summed E-state index contributed by atoms with van der Waals surface area (Å²) < 4.78 is 7.10. The van der Waals surface area contributed by atoms with Gasteiger partial charge in [-0.1, -0.05) is 11.6 Å². The van der Waals surface area contributed by atoms with Gasteiger partial charge in [0.25, 0.3) is 5.56 Å². The fraction of sp³-hybridized carbons (Fsp3) is 0.364. The summed E-state index contributed by atoms with van der Waals surface area (Å²) in [5.41, 5.74) is 2.03. The fourth-order valence-corrected chi connectivity index (χ4v) is 3.87. The lowest BCUT2D eigenvalue weighted by molar-refractivity contribution is 0.0223. The third kappa shape index (κ3) is 4.03. The van der Waals surface area contributed by atoms with E-state index in [-0.39, 0.29) is 18.6 Å². The number of ether oxygens (including phenoxy) is 1. The van der Waals surface area contributed by atoms with Crippen LogP contribution in [0.2, 0.25) is 5.02 Å². The maximum atomic E-state index is 13.5. The van der Waals surface area contributed by atoms with Crippen LogP contribution in [0.15, 0.2) is 41.5 Å². The SMILES string of the molecule is CC(C)(C)OC(=O)N1CCc2c(c(=O)n(Cc3cc(Cl)ccn3)c3ncccc23)C1. The molecule has 8 heteroatoms. The number of hydrogen-bond donors (Lipinski definition) is 0. The minimum absolute atomic E-state index is 0.175. The number of fused-ring (bicyclic) bond motifs is 3. The van der Waals surface area contributed by atoms with Gasteiger partial charge < -0.3 is 9.64 Å². The molecule has 0 saturated heterocycles. The summed E-state index contributed by atoms with van der Waals surface area (Å²) in [6, 6.07) is 7.24. The van der Waals surface area contributed by atoms with Crippen molar-refractivity contribution in [2.45, 2.75) is 45.9 Å². The van der Waals surface area contributed by atoms with Gasteiger partial charge in [-0.3, -0.25) is 14.3 Å². The molecule has 30 heavy (non-hydrogen) atoms. The molecule has 156 valence electrons. The van der Waals surface area contributed by atoms with Gasteiger partial charge in [-0.15, -0.1) is 0 Å². The Kier molecular flexibility index (Phi) is 5.24. The van der Waals surface area contributed by atoms with Gasteiger partial charge in [-0.25, -0.2) is 9.78 Å². The number of aromatic nitrogens is 3. The van der Waals surface area contributed by atoms with Gasteiger partial charge in [0.2, 0.25) is 0 Å². The lowest BCUT2D eigenvalue weighted by atomic mass is 9.97. The summed E-state index contributed by atoms with van der Waals surface area (Å²) in [6.07, 6.45) is 3.44. The lowest BCUT2D eigenvalue weighted by Gasteiger charge is -2.31. The van der Waals surface area contributed by atoms with E-state index in [1.54, 1.807) is 34.0 Å². The van der Waals surface area contributed by atoms with Crippen molar-refractivity contribution in [3.63, 3.8) is 0 Å². The lowest BCUT2D eigenvalue weighted by Crippen LogP contribution is -2.43. The number of pyridine rings is 3. The Morgan fingerprint density at radius 2 is 2.00 bits per heavy atom. The van der Waals surface area contributed by atoms with Gasteiger partial charge in [0.1, 0.15) is 11.2 Å². The first kappa shape index (κ1) is 20.3. The molecule has 4 heterocycles. The number of carbonyl (C=O) groups excluding carboxylic acids is 1. The molecule has 4 rings (SSSR count). The number of carbonyl (C=O) groups is 1. The Bertz CT molecular complexity index is 1180. The maximum Gasteiger partial charge on any atom is 0.410 e. The van der Waals surface area contributed by atoms with Gasteiger partial charge in [0, 0.05) is 34.9 Å². The van der Waals surface area contributed by atoms with Gasteiger partial charge >= 0.3 is 6.09 Å². The van der Waals surface area contributed by atoms with E-state index >= 15 is 0 Å². The molecule has 0 atom stereocenters. The molecular formula is C22H23ClN4O3. The van der Waals surface area contributed by atoms with Crippen LogP contribution in [0.25, 0.3) is 11.0 Å². The highest BCUT2D eigenvalue weighted by Gasteiger charge is 2.29. The molecule has 0 spiro atoms. The Balaban J connectivity index is 1.78. The predicted octanol–water partition coefficient (Wildman–Crippen LogP) is 3.79. The highest BCUT2D eigenvalue weighted by atomic mass is 35.5. The molecule has 3 aromatic rings. The normalized spacial score (nSPS) is 13.9.